The lowest BCUT2D eigenvalue weighted by Crippen LogP contribution is -2.09. The summed E-state index contributed by atoms with van der Waals surface area (Å²) in [7, 11) is -3.28. The van der Waals surface area contributed by atoms with Gasteiger partial charge in [-0.1, -0.05) is 12.1 Å². The smallest absolute Gasteiger partial charge is 0.221 e. The van der Waals surface area contributed by atoms with E-state index >= 15 is 0 Å². The summed E-state index contributed by atoms with van der Waals surface area (Å²) in [5, 5.41) is 7.74. The Morgan fingerprint density at radius 2 is 1.90 bits per heavy atom. The normalized spacial score (nSPS) is 11.1. The molecule has 0 radical (unpaired) electrons. The first kappa shape index (κ1) is 15.5. The Bertz CT molecular complexity index is 751. The molecule has 1 heterocycles. The fourth-order valence-electron chi connectivity index (χ4n) is 1.89. The minimum atomic E-state index is -3.28. The Hall–Kier alpha value is -1.86. The van der Waals surface area contributed by atoms with E-state index in [1.54, 1.807) is 24.3 Å². The van der Waals surface area contributed by atoms with E-state index in [-0.39, 0.29) is 10.8 Å². The van der Waals surface area contributed by atoms with E-state index in [1.807, 2.05) is 11.4 Å². The van der Waals surface area contributed by atoms with Crippen molar-refractivity contribution < 1.29 is 13.2 Å². The van der Waals surface area contributed by atoms with E-state index in [9.17, 15) is 13.2 Å². The van der Waals surface area contributed by atoms with Crippen molar-refractivity contribution in [2.24, 2.45) is 0 Å². The number of thiophene rings is 1. The zero-order chi connectivity index (χ0) is 15.5. The molecule has 0 bridgehead atoms. The van der Waals surface area contributed by atoms with E-state index in [1.165, 1.54) is 24.5 Å². The van der Waals surface area contributed by atoms with E-state index in [4.69, 9.17) is 0 Å². The molecule has 0 aliphatic rings. The second kappa shape index (κ2) is 6.28. The van der Waals surface area contributed by atoms with Gasteiger partial charge in [0.1, 0.15) is 0 Å². The largest absolute Gasteiger partial charge is 0.379 e. The third-order valence-electron chi connectivity index (χ3n) is 2.78. The molecule has 2 rings (SSSR count). The quantitative estimate of drug-likeness (QED) is 0.887. The van der Waals surface area contributed by atoms with Gasteiger partial charge in [0.25, 0.3) is 0 Å². The predicted molar refractivity (Wildman–Crippen MR) is 85.5 cm³/mol. The van der Waals surface area contributed by atoms with E-state index in [2.05, 4.69) is 10.6 Å². The highest BCUT2D eigenvalue weighted by molar-refractivity contribution is 7.90. The SMILES string of the molecule is CC(=O)Nc1ccsc1CNc1ccccc1S(C)(=O)=O. The van der Waals surface area contributed by atoms with Crippen molar-refractivity contribution in [1.82, 2.24) is 0 Å². The summed E-state index contributed by atoms with van der Waals surface area (Å²) in [6.45, 7) is 1.90. The molecule has 0 atom stereocenters. The van der Waals surface area contributed by atoms with Gasteiger partial charge in [0.05, 0.1) is 22.8 Å². The first-order valence-corrected chi connectivity index (χ1v) is 9.02. The van der Waals surface area contributed by atoms with Gasteiger partial charge in [-0.3, -0.25) is 4.79 Å². The Kier molecular flexibility index (Phi) is 4.64. The van der Waals surface area contributed by atoms with Crippen molar-refractivity contribution in [3.05, 3.63) is 40.6 Å². The lowest BCUT2D eigenvalue weighted by atomic mass is 10.3. The standard InChI is InChI=1S/C14H16N2O3S2/c1-10(17)16-11-7-8-20-13(11)9-15-12-5-3-4-6-14(12)21(2,18)19/h3-8,15H,9H2,1-2H3,(H,16,17). The van der Waals surface area contributed by atoms with Crippen LogP contribution in [0.25, 0.3) is 0 Å². The predicted octanol–water partition coefficient (Wildman–Crippen LogP) is 2.72. The Morgan fingerprint density at radius 3 is 2.57 bits per heavy atom. The van der Waals surface area contributed by atoms with Gasteiger partial charge in [0, 0.05) is 18.1 Å². The summed E-state index contributed by atoms with van der Waals surface area (Å²) in [4.78, 5) is 12.3. The maximum atomic E-state index is 11.7. The monoisotopic (exact) mass is 324 g/mol. The maximum Gasteiger partial charge on any atom is 0.221 e. The molecule has 0 aliphatic carbocycles. The van der Waals surface area contributed by atoms with Crippen LogP contribution in [0.5, 0.6) is 0 Å². The second-order valence-electron chi connectivity index (χ2n) is 4.56. The van der Waals surface area contributed by atoms with Crippen LogP contribution in [0.3, 0.4) is 0 Å². The number of sulfone groups is 1. The number of carbonyl (C=O) groups excluding carboxylic acids is 1. The lowest BCUT2D eigenvalue weighted by molar-refractivity contribution is -0.114. The summed E-state index contributed by atoms with van der Waals surface area (Å²) in [5.74, 6) is -0.133. The van der Waals surface area contributed by atoms with Gasteiger partial charge in [-0.2, -0.15) is 0 Å². The molecule has 5 nitrogen and oxygen atoms in total. The summed E-state index contributed by atoms with van der Waals surface area (Å²) in [5.41, 5.74) is 1.30. The van der Waals surface area contributed by atoms with Gasteiger partial charge in [-0.25, -0.2) is 8.42 Å². The van der Waals surface area contributed by atoms with Gasteiger partial charge < -0.3 is 10.6 Å². The highest BCUT2D eigenvalue weighted by atomic mass is 32.2. The number of benzene rings is 1. The zero-order valence-electron chi connectivity index (χ0n) is 11.7. The molecule has 0 saturated carbocycles. The topological polar surface area (TPSA) is 75.3 Å². The van der Waals surface area contributed by atoms with Gasteiger partial charge in [0.15, 0.2) is 9.84 Å². The Labute approximate surface area is 127 Å². The molecule has 1 aromatic heterocycles. The molecule has 7 heteroatoms. The number of hydrogen-bond acceptors (Lipinski definition) is 5. The number of para-hydroxylation sites is 1. The highest BCUT2D eigenvalue weighted by Gasteiger charge is 2.13. The van der Waals surface area contributed by atoms with Crippen LogP contribution in [0, 0.1) is 0 Å². The third-order valence-corrected chi connectivity index (χ3v) is 4.86. The summed E-state index contributed by atoms with van der Waals surface area (Å²) < 4.78 is 23.5. The molecule has 21 heavy (non-hydrogen) atoms. The van der Waals surface area contributed by atoms with Crippen molar-refractivity contribution in [2.45, 2.75) is 18.4 Å². The highest BCUT2D eigenvalue weighted by Crippen LogP contribution is 2.26. The van der Waals surface area contributed by atoms with Crippen molar-refractivity contribution in [3.8, 4) is 0 Å². The number of nitrogens with one attached hydrogen (secondary N) is 2. The third kappa shape index (κ3) is 4.05. The summed E-state index contributed by atoms with van der Waals surface area (Å²) >= 11 is 1.50. The van der Waals surface area contributed by atoms with Gasteiger partial charge >= 0.3 is 0 Å². The Morgan fingerprint density at radius 1 is 1.19 bits per heavy atom. The van der Waals surface area contributed by atoms with Crippen LogP contribution < -0.4 is 10.6 Å². The molecule has 2 aromatic rings. The number of anilines is 2. The minimum absolute atomic E-state index is 0.133. The average Bonchev–Trinajstić information content (AvgIpc) is 2.82. The fraction of sp³-hybridized carbons (Fsp3) is 0.214. The molecule has 2 N–H and O–H groups in total. The molecule has 112 valence electrons. The van der Waals surface area contributed by atoms with Crippen LogP contribution >= 0.6 is 11.3 Å². The molecule has 0 saturated heterocycles. The number of hydrogen-bond donors (Lipinski definition) is 2. The van der Waals surface area contributed by atoms with Crippen LogP contribution in [0.2, 0.25) is 0 Å². The van der Waals surface area contributed by atoms with Crippen LogP contribution in [-0.4, -0.2) is 20.6 Å². The van der Waals surface area contributed by atoms with E-state index in [0.29, 0.717) is 12.2 Å². The van der Waals surface area contributed by atoms with Crippen LogP contribution in [0.4, 0.5) is 11.4 Å². The molecular formula is C14H16N2O3S2. The molecule has 1 amide bonds. The minimum Gasteiger partial charge on any atom is -0.379 e. The van der Waals surface area contributed by atoms with Gasteiger partial charge in [0.2, 0.25) is 5.91 Å². The van der Waals surface area contributed by atoms with Crippen molar-refractivity contribution >= 4 is 38.5 Å². The van der Waals surface area contributed by atoms with Crippen molar-refractivity contribution in [1.29, 1.82) is 0 Å². The number of amides is 1. The fourth-order valence-corrected chi connectivity index (χ4v) is 3.53. The summed E-state index contributed by atoms with van der Waals surface area (Å²) in [6.07, 6.45) is 1.18. The van der Waals surface area contributed by atoms with Crippen molar-refractivity contribution in [2.75, 3.05) is 16.9 Å². The summed E-state index contributed by atoms with van der Waals surface area (Å²) in [6, 6.07) is 8.59. The molecule has 0 aliphatic heterocycles. The maximum absolute atomic E-state index is 11.7. The van der Waals surface area contributed by atoms with Crippen LogP contribution in [0.15, 0.2) is 40.6 Å². The molecule has 0 spiro atoms. The molecular weight excluding hydrogens is 308 g/mol. The van der Waals surface area contributed by atoms with Crippen LogP contribution in [0.1, 0.15) is 11.8 Å². The number of carbonyl (C=O) groups is 1. The number of rotatable bonds is 5. The average molecular weight is 324 g/mol. The van der Waals surface area contributed by atoms with Gasteiger partial charge in [-0.15, -0.1) is 11.3 Å². The first-order chi connectivity index (χ1) is 9.88. The second-order valence-corrected chi connectivity index (χ2v) is 7.55. The first-order valence-electron chi connectivity index (χ1n) is 6.25. The Balaban J connectivity index is 2.18. The van der Waals surface area contributed by atoms with E-state index < -0.39 is 9.84 Å². The molecule has 0 unspecified atom stereocenters. The van der Waals surface area contributed by atoms with E-state index in [0.717, 1.165) is 10.6 Å². The molecule has 1 aromatic carbocycles. The van der Waals surface area contributed by atoms with Crippen molar-refractivity contribution in [3.63, 3.8) is 0 Å². The molecule has 0 fully saturated rings. The zero-order valence-corrected chi connectivity index (χ0v) is 13.3. The van der Waals surface area contributed by atoms with Gasteiger partial charge in [-0.05, 0) is 23.6 Å². The van der Waals surface area contributed by atoms with Crippen LogP contribution in [-0.2, 0) is 21.2 Å². The lowest BCUT2D eigenvalue weighted by Gasteiger charge is -2.11.